The molecular formula is C29H29Cl2N3O3. The monoisotopic (exact) mass is 537 g/mol. The van der Waals surface area contributed by atoms with Crippen LogP contribution in [0.1, 0.15) is 34.3 Å². The topological polar surface area (TPSA) is 61.9 Å². The SMILES string of the molecule is COc1ccc(C(=O)N2CCc3ccc(NC(=O)C4CCCN(Cc5c(Cl)cccc5Cl)C4)cc32)cc1. The molecule has 1 unspecified atom stereocenters. The Kier molecular flexibility index (Phi) is 7.70. The van der Waals surface area contributed by atoms with Crippen LogP contribution in [0.15, 0.2) is 60.7 Å². The molecule has 0 saturated carbocycles. The Labute approximate surface area is 227 Å². The van der Waals surface area contributed by atoms with E-state index in [1.807, 2.05) is 36.4 Å². The Morgan fingerprint density at radius 3 is 2.51 bits per heavy atom. The molecule has 5 rings (SSSR count). The number of ether oxygens (including phenoxy) is 1. The highest BCUT2D eigenvalue weighted by atomic mass is 35.5. The summed E-state index contributed by atoms with van der Waals surface area (Å²) in [4.78, 5) is 30.4. The van der Waals surface area contributed by atoms with Crippen LogP contribution in [0, 0.1) is 5.92 Å². The predicted molar refractivity (Wildman–Crippen MR) is 148 cm³/mol. The Balaban J connectivity index is 1.25. The Morgan fingerprint density at radius 1 is 1.03 bits per heavy atom. The molecule has 3 aromatic carbocycles. The van der Waals surface area contributed by atoms with Crippen molar-refractivity contribution in [1.82, 2.24) is 4.90 Å². The molecule has 0 bridgehead atoms. The van der Waals surface area contributed by atoms with Gasteiger partial charge in [-0.25, -0.2) is 0 Å². The van der Waals surface area contributed by atoms with Crippen LogP contribution in [0.5, 0.6) is 5.75 Å². The molecular weight excluding hydrogens is 509 g/mol. The number of fused-ring (bicyclic) bond motifs is 1. The van der Waals surface area contributed by atoms with Gasteiger partial charge in [0.25, 0.3) is 5.91 Å². The Morgan fingerprint density at radius 2 is 1.78 bits per heavy atom. The van der Waals surface area contributed by atoms with Crippen LogP contribution in [0.25, 0.3) is 0 Å². The molecule has 2 heterocycles. The summed E-state index contributed by atoms with van der Waals surface area (Å²) in [6.07, 6.45) is 2.54. The number of halogens is 2. The smallest absolute Gasteiger partial charge is 0.258 e. The van der Waals surface area contributed by atoms with Gasteiger partial charge >= 0.3 is 0 Å². The first kappa shape index (κ1) is 25.6. The number of hydrogen-bond donors (Lipinski definition) is 1. The summed E-state index contributed by atoms with van der Waals surface area (Å²) >= 11 is 12.7. The molecule has 0 aromatic heterocycles. The van der Waals surface area contributed by atoms with Crippen LogP contribution in [0.2, 0.25) is 10.0 Å². The summed E-state index contributed by atoms with van der Waals surface area (Å²) < 4.78 is 5.20. The number of likely N-dealkylation sites (tertiary alicyclic amines) is 1. The van der Waals surface area contributed by atoms with Crippen molar-refractivity contribution in [2.45, 2.75) is 25.8 Å². The van der Waals surface area contributed by atoms with Crippen molar-refractivity contribution in [3.8, 4) is 5.75 Å². The van der Waals surface area contributed by atoms with Gasteiger partial charge in [0.1, 0.15) is 5.75 Å². The van der Waals surface area contributed by atoms with Crippen LogP contribution in [0.3, 0.4) is 0 Å². The molecule has 0 spiro atoms. The third-order valence-electron chi connectivity index (χ3n) is 7.15. The highest BCUT2D eigenvalue weighted by molar-refractivity contribution is 6.36. The maximum atomic E-state index is 13.2. The zero-order valence-corrected chi connectivity index (χ0v) is 22.2. The number of methoxy groups -OCH3 is 1. The highest BCUT2D eigenvalue weighted by Gasteiger charge is 2.29. The molecule has 2 aliphatic rings. The first-order valence-electron chi connectivity index (χ1n) is 12.5. The largest absolute Gasteiger partial charge is 0.497 e. The molecule has 1 N–H and O–H groups in total. The van der Waals surface area contributed by atoms with E-state index in [1.165, 1.54) is 0 Å². The minimum Gasteiger partial charge on any atom is -0.497 e. The fraction of sp³-hybridized carbons (Fsp3) is 0.310. The van der Waals surface area contributed by atoms with Gasteiger partial charge in [-0.05, 0) is 79.9 Å². The van der Waals surface area contributed by atoms with E-state index in [2.05, 4.69) is 10.2 Å². The third kappa shape index (κ3) is 5.61. The summed E-state index contributed by atoms with van der Waals surface area (Å²) in [6.45, 7) is 2.76. The molecule has 37 heavy (non-hydrogen) atoms. The van der Waals surface area contributed by atoms with Crippen molar-refractivity contribution < 1.29 is 14.3 Å². The summed E-state index contributed by atoms with van der Waals surface area (Å²) in [5, 5.41) is 4.38. The number of anilines is 2. The van der Waals surface area contributed by atoms with E-state index in [-0.39, 0.29) is 17.7 Å². The van der Waals surface area contributed by atoms with E-state index in [9.17, 15) is 9.59 Å². The van der Waals surface area contributed by atoms with E-state index in [0.717, 1.165) is 42.6 Å². The molecule has 192 valence electrons. The first-order valence-corrected chi connectivity index (χ1v) is 13.2. The van der Waals surface area contributed by atoms with Crippen molar-refractivity contribution in [3.05, 3.63) is 87.4 Å². The minimum absolute atomic E-state index is 0.0130. The molecule has 0 aliphatic carbocycles. The van der Waals surface area contributed by atoms with Crippen LogP contribution in [-0.4, -0.2) is 43.5 Å². The molecule has 3 aromatic rings. The predicted octanol–water partition coefficient (Wildman–Crippen LogP) is 6.06. The van der Waals surface area contributed by atoms with Crippen LogP contribution in [0.4, 0.5) is 11.4 Å². The zero-order chi connectivity index (χ0) is 25.9. The fourth-order valence-corrected chi connectivity index (χ4v) is 5.64. The van der Waals surface area contributed by atoms with Gasteiger partial charge in [-0.1, -0.05) is 35.3 Å². The second kappa shape index (κ2) is 11.1. The van der Waals surface area contributed by atoms with E-state index in [0.29, 0.717) is 46.7 Å². The van der Waals surface area contributed by atoms with Gasteiger partial charge in [-0.2, -0.15) is 0 Å². The number of rotatable bonds is 6. The molecule has 1 fully saturated rings. The molecule has 6 nitrogen and oxygen atoms in total. The molecule has 8 heteroatoms. The van der Waals surface area contributed by atoms with E-state index in [4.69, 9.17) is 27.9 Å². The average molecular weight is 538 g/mol. The molecule has 1 atom stereocenters. The van der Waals surface area contributed by atoms with Gasteiger partial charge in [0.15, 0.2) is 0 Å². The lowest BCUT2D eigenvalue weighted by Crippen LogP contribution is -2.40. The lowest BCUT2D eigenvalue weighted by Gasteiger charge is -2.32. The van der Waals surface area contributed by atoms with Crippen molar-refractivity contribution >= 4 is 46.4 Å². The number of nitrogens with zero attached hydrogens (tertiary/aromatic N) is 2. The number of amides is 2. The van der Waals surface area contributed by atoms with Crippen LogP contribution >= 0.6 is 23.2 Å². The van der Waals surface area contributed by atoms with E-state index >= 15 is 0 Å². The second-order valence-corrected chi connectivity index (χ2v) is 10.4. The van der Waals surface area contributed by atoms with Crippen molar-refractivity contribution in [3.63, 3.8) is 0 Å². The normalized spacial score (nSPS) is 17.4. The van der Waals surface area contributed by atoms with Crippen molar-refractivity contribution in [2.75, 3.05) is 37.0 Å². The standard InChI is InChI=1S/C29H29Cl2N3O3/c1-37-23-11-8-20(9-12-23)29(36)34-15-13-19-7-10-22(16-27(19)34)32-28(35)21-4-3-14-33(17-21)18-24-25(30)5-2-6-26(24)31/h2,5-12,16,21H,3-4,13-15,17-18H2,1H3,(H,32,35). The second-order valence-electron chi connectivity index (χ2n) is 9.54. The third-order valence-corrected chi connectivity index (χ3v) is 7.86. The molecule has 0 radical (unpaired) electrons. The lowest BCUT2D eigenvalue weighted by atomic mass is 9.96. The molecule has 2 amide bonds. The first-order chi connectivity index (χ1) is 17.9. The Hall–Kier alpha value is -3.06. The van der Waals surface area contributed by atoms with Gasteiger partial charge in [0, 0.05) is 52.2 Å². The van der Waals surface area contributed by atoms with Crippen LogP contribution in [-0.2, 0) is 17.8 Å². The minimum atomic E-state index is -0.139. The molecule has 1 saturated heterocycles. The number of carbonyl (C=O) groups is 2. The number of hydrogen-bond acceptors (Lipinski definition) is 4. The number of piperidine rings is 1. The van der Waals surface area contributed by atoms with Gasteiger partial charge in [0.2, 0.25) is 5.91 Å². The summed E-state index contributed by atoms with van der Waals surface area (Å²) in [6, 6.07) is 18.5. The highest BCUT2D eigenvalue weighted by Crippen LogP contribution is 2.33. The van der Waals surface area contributed by atoms with Crippen molar-refractivity contribution in [1.29, 1.82) is 0 Å². The number of nitrogens with one attached hydrogen (secondary N) is 1. The van der Waals surface area contributed by atoms with E-state index in [1.54, 1.807) is 36.3 Å². The molecule has 2 aliphatic heterocycles. The van der Waals surface area contributed by atoms with Gasteiger partial charge in [0.05, 0.1) is 13.0 Å². The summed E-state index contributed by atoms with van der Waals surface area (Å²) in [7, 11) is 1.60. The summed E-state index contributed by atoms with van der Waals surface area (Å²) in [5.74, 6) is 0.492. The quantitative estimate of drug-likeness (QED) is 0.415. The average Bonchev–Trinajstić information content (AvgIpc) is 3.34. The zero-order valence-electron chi connectivity index (χ0n) is 20.7. The number of benzene rings is 3. The lowest BCUT2D eigenvalue weighted by molar-refractivity contribution is -0.121. The maximum Gasteiger partial charge on any atom is 0.258 e. The van der Waals surface area contributed by atoms with Gasteiger partial charge < -0.3 is 15.0 Å². The maximum absolute atomic E-state index is 13.2. The van der Waals surface area contributed by atoms with Gasteiger partial charge in [-0.15, -0.1) is 0 Å². The Bertz CT molecular complexity index is 1290. The number of carbonyl (C=O) groups excluding carboxylic acids is 2. The van der Waals surface area contributed by atoms with Crippen molar-refractivity contribution in [2.24, 2.45) is 5.92 Å². The fourth-order valence-electron chi connectivity index (χ4n) is 5.12. The summed E-state index contributed by atoms with van der Waals surface area (Å²) in [5.41, 5.74) is 4.14. The van der Waals surface area contributed by atoms with Crippen LogP contribution < -0.4 is 15.0 Å². The van der Waals surface area contributed by atoms with Gasteiger partial charge in [-0.3, -0.25) is 14.5 Å². The van der Waals surface area contributed by atoms with E-state index < -0.39 is 0 Å².